The van der Waals surface area contributed by atoms with Crippen LogP contribution in [0.4, 0.5) is 23.5 Å². The van der Waals surface area contributed by atoms with Crippen LogP contribution in [-0.4, -0.2) is 54.4 Å². The van der Waals surface area contributed by atoms with Crippen molar-refractivity contribution in [2.24, 2.45) is 10.8 Å². The minimum Gasteiger partial charge on any atom is -0.340 e. The third-order valence-electron chi connectivity index (χ3n) is 9.67. The maximum atomic E-state index is 13.6. The lowest BCUT2D eigenvalue weighted by Gasteiger charge is -2.73. The van der Waals surface area contributed by atoms with Crippen molar-refractivity contribution in [3.8, 4) is 5.69 Å². The number of benzene rings is 1. The molecule has 2 aliphatic heterocycles. The predicted molar refractivity (Wildman–Crippen MR) is 129 cm³/mol. The number of halogens is 5. The number of hydrogen-bond acceptors (Lipinski definition) is 6. The van der Waals surface area contributed by atoms with Crippen molar-refractivity contribution < 1.29 is 17.6 Å². The largest absolute Gasteiger partial charge is 0.394 e. The van der Waals surface area contributed by atoms with Gasteiger partial charge in [0.15, 0.2) is 11.6 Å². The highest BCUT2D eigenvalue weighted by atomic mass is 35.5. The Morgan fingerprint density at radius 3 is 2.37 bits per heavy atom. The van der Waals surface area contributed by atoms with Crippen LogP contribution in [0.3, 0.4) is 0 Å². The second kappa shape index (κ2) is 7.24. The smallest absolute Gasteiger partial charge is 0.340 e. The molecule has 0 N–H and O–H groups in total. The zero-order valence-electron chi connectivity index (χ0n) is 20.3. The number of rotatable bonds is 3. The summed E-state index contributed by atoms with van der Waals surface area (Å²) in [7, 11) is 0. The van der Waals surface area contributed by atoms with E-state index in [0.29, 0.717) is 24.1 Å². The van der Waals surface area contributed by atoms with Crippen LogP contribution in [0.25, 0.3) is 5.69 Å². The highest BCUT2D eigenvalue weighted by molar-refractivity contribution is 6.30. The molecule has 0 unspecified atom stereocenters. The zero-order chi connectivity index (χ0) is 26.1. The van der Waals surface area contributed by atoms with E-state index in [0.717, 1.165) is 48.8 Å². The Morgan fingerprint density at radius 2 is 1.68 bits per heavy atom. The third-order valence-corrected chi connectivity index (χ3v) is 9.91. The summed E-state index contributed by atoms with van der Waals surface area (Å²) in [6.07, 6.45) is 0.589. The summed E-state index contributed by atoms with van der Waals surface area (Å²) in [5.41, 5.74) is 0.159. The SMILES string of the molecule is Fc1cnc(N2CC3(CC(c4nnc5n4-c4ccc(Cl)cc4CN(C46CC(C(F)(F)F)(C4)C6)C5)C3)C2)nc1. The van der Waals surface area contributed by atoms with E-state index >= 15 is 0 Å². The molecule has 0 radical (unpaired) electrons. The van der Waals surface area contributed by atoms with E-state index in [1.807, 2.05) is 18.2 Å². The van der Waals surface area contributed by atoms with Gasteiger partial charge in [-0.05, 0) is 55.9 Å². The molecule has 9 rings (SSSR count). The maximum Gasteiger partial charge on any atom is 0.394 e. The van der Waals surface area contributed by atoms with Crippen molar-refractivity contribution in [3.05, 3.63) is 58.6 Å². The highest BCUT2D eigenvalue weighted by Crippen LogP contribution is 2.75. The predicted octanol–water partition coefficient (Wildman–Crippen LogP) is 5.03. The normalized spacial score (nSPS) is 29.4. The zero-order valence-corrected chi connectivity index (χ0v) is 21.1. The summed E-state index contributed by atoms with van der Waals surface area (Å²) in [5.74, 6) is 1.99. The van der Waals surface area contributed by atoms with Gasteiger partial charge in [0.25, 0.3) is 0 Å². The van der Waals surface area contributed by atoms with Gasteiger partial charge in [-0.2, -0.15) is 13.2 Å². The van der Waals surface area contributed by atoms with Gasteiger partial charge in [-0.25, -0.2) is 14.4 Å². The van der Waals surface area contributed by atoms with Crippen molar-refractivity contribution in [2.75, 3.05) is 18.0 Å². The molecule has 4 heterocycles. The lowest BCUT2D eigenvalue weighted by molar-refractivity contribution is -0.364. The third kappa shape index (κ3) is 3.05. The fourth-order valence-corrected chi connectivity index (χ4v) is 7.99. The van der Waals surface area contributed by atoms with E-state index in [4.69, 9.17) is 11.6 Å². The van der Waals surface area contributed by atoms with E-state index in [2.05, 4.69) is 34.5 Å². The minimum atomic E-state index is -4.14. The number of alkyl halides is 3. The average molecular weight is 546 g/mol. The van der Waals surface area contributed by atoms with Crippen molar-refractivity contribution in [3.63, 3.8) is 0 Å². The van der Waals surface area contributed by atoms with Crippen LogP contribution < -0.4 is 4.90 Å². The minimum absolute atomic E-state index is 0.153. The van der Waals surface area contributed by atoms with Gasteiger partial charge < -0.3 is 4.90 Å². The Hall–Kier alpha value is -2.79. The monoisotopic (exact) mass is 545 g/mol. The topological polar surface area (TPSA) is 63.0 Å². The molecular formula is C26H24ClF4N7. The van der Waals surface area contributed by atoms with Gasteiger partial charge in [-0.15, -0.1) is 10.2 Å². The molecule has 1 spiro atoms. The maximum absolute atomic E-state index is 13.6. The molecule has 1 aromatic carbocycles. The summed E-state index contributed by atoms with van der Waals surface area (Å²) in [4.78, 5) is 12.4. The quantitative estimate of drug-likeness (QED) is 0.430. The van der Waals surface area contributed by atoms with Gasteiger partial charge in [0, 0.05) is 41.5 Å². The number of anilines is 1. The summed E-state index contributed by atoms with van der Waals surface area (Å²) in [6.45, 7) is 2.63. The first kappa shape index (κ1) is 23.1. The van der Waals surface area contributed by atoms with Crippen LogP contribution in [-0.2, 0) is 13.1 Å². The first-order valence-electron chi connectivity index (χ1n) is 12.9. The lowest BCUT2D eigenvalue weighted by atomic mass is 9.38. The van der Waals surface area contributed by atoms with Crippen LogP contribution in [0.2, 0.25) is 5.02 Å². The van der Waals surface area contributed by atoms with Crippen molar-refractivity contribution in [1.82, 2.24) is 29.6 Å². The molecule has 4 saturated carbocycles. The van der Waals surface area contributed by atoms with E-state index in [-0.39, 0.29) is 30.6 Å². The van der Waals surface area contributed by atoms with Gasteiger partial charge in [0.2, 0.25) is 5.95 Å². The fraction of sp³-hybridized carbons (Fsp3) is 0.538. The number of hydrogen-bond donors (Lipinski definition) is 0. The molecule has 7 nitrogen and oxygen atoms in total. The lowest BCUT2D eigenvalue weighted by Crippen LogP contribution is -2.78. The molecule has 3 aromatic rings. The van der Waals surface area contributed by atoms with E-state index in [9.17, 15) is 17.6 Å². The molecule has 2 bridgehead atoms. The van der Waals surface area contributed by atoms with E-state index in [1.54, 1.807) is 0 Å². The molecule has 198 valence electrons. The Balaban J connectivity index is 1.05. The molecule has 0 amide bonds. The molecule has 4 aliphatic carbocycles. The van der Waals surface area contributed by atoms with Crippen molar-refractivity contribution >= 4 is 17.5 Å². The van der Waals surface area contributed by atoms with Gasteiger partial charge in [0.05, 0.1) is 30.0 Å². The molecule has 12 heteroatoms. The second-order valence-corrected chi connectivity index (χ2v) is 12.6. The Bertz CT molecular complexity index is 1440. The number of aromatic nitrogens is 5. The molecule has 0 atom stereocenters. The van der Waals surface area contributed by atoms with Crippen LogP contribution in [0.15, 0.2) is 30.6 Å². The van der Waals surface area contributed by atoms with Crippen LogP contribution in [0.5, 0.6) is 0 Å². The Kier molecular flexibility index (Phi) is 4.40. The van der Waals surface area contributed by atoms with Gasteiger partial charge >= 0.3 is 6.18 Å². The van der Waals surface area contributed by atoms with E-state index in [1.165, 1.54) is 12.4 Å². The summed E-state index contributed by atoms with van der Waals surface area (Å²) < 4.78 is 56.0. The van der Waals surface area contributed by atoms with Crippen molar-refractivity contribution in [2.45, 2.75) is 62.8 Å². The number of fused-ring (bicyclic) bond motifs is 3. The molecule has 2 aromatic heterocycles. The highest BCUT2D eigenvalue weighted by Gasteiger charge is 2.80. The fourth-order valence-electron chi connectivity index (χ4n) is 7.80. The van der Waals surface area contributed by atoms with Gasteiger partial charge in [-0.1, -0.05) is 11.6 Å². The molecule has 1 saturated heterocycles. The summed E-state index contributed by atoms with van der Waals surface area (Å²) >= 11 is 6.37. The van der Waals surface area contributed by atoms with Crippen molar-refractivity contribution in [1.29, 1.82) is 0 Å². The van der Waals surface area contributed by atoms with Crippen LogP contribution in [0.1, 0.15) is 55.2 Å². The van der Waals surface area contributed by atoms with Gasteiger partial charge in [0.1, 0.15) is 5.82 Å². The summed E-state index contributed by atoms with van der Waals surface area (Å²) in [5, 5.41) is 9.78. The van der Waals surface area contributed by atoms with E-state index < -0.39 is 22.9 Å². The first-order chi connectivity index (χ1) is 18.1. The Morgan fingerprint density at radius 1 is 0.974 bits per heavy atom. The molecular weight excluding hydrogens is 522 g/mol. The summed E-state index contributed by atoms with van der Waals surface area (Å²) in [6, 6.07) is 5.74. The standard InChI is InChI=1S/C26H24ClF4N7/c27-17-1-2-19-15(3-17)8-37(25-10-24(11-25,12-25)26(29,30)31)9-20-34-35-21(38(19)20)16-4-23(5-16)13-36(14-23)22-32-6-18(28)7-33-22/h1-3,6-7,16H,4-5,8-14H2. The Labute approximate surface area is 220 Å². The van der Waals surface area contributed by atoms with Crippen LogP contribution >= 0.6 is 11.6 Å². The van der Waals surface area contributed by atoms with Crippen LogP contribution in [0, 0.1) is 16.6 Å². The first-order valence-corrected chi connectivity index (χ1v) is 13.2. The molecule has 38 heavy (non-hydrogen) atoms. The average Bonchev–Trinajstić information content (AvgIpc) is 3.06. The van der Waals surface area contributed by atoms with Gasteiger partial charge in [-0.3, -0.25) is 9.47 Å². The molecule has 6 aliphatic rings. The second-order valence-electron chi connectivity index (χ2n) is 12.1. The molecule has 5 fully saturated rings. The number of nitrogens with zero attached hydrogens (tertiary/aromatic N) is 7.